The molecule has 146 valence electrons. The molecule has 0 bridgehead atoms. The number of nitrogens with one attached hydrogen (secondary N) is 1. The minimum absolute atomic E-state index is 0. The van der Waals surface area contributed by atoms with Crippen LogP contribution >= 0.6 is 39.7 Å². The predicted octanol–water partition coefficient (Wildman–Crippen LogP) is 3.52. The van der Waals surface area contributed by atoms with Gasteiger partial charge in [0.2, 0.25) is 0 Å². The quantitative estimate of drug-likeness (QED) is 0.493. The van der Waals surface area contributed by atoms with E-state index in [4.69, 9.17) is 14.2 Å². The van der Waals surface area contributed by atoms with Crippen molar-refractivity contribution in [2.45, 2.75) is 26.0 Å². The summed E-state index contributed by atoms with van der Waals surface area (Å²) in [5.41, 5.74) is 0. The molecule has 26 heavy (non-hydrogen) atoms. The smallest absolute Gasteiger partial charge is 0.274 e. The summed E-state index contributed by atoms with van der Waals surface area (Å²) in [6.07, 6.45) is 1.16. The van der Waals surface area contributed by atoms with Gasteiger partial charge in [0, 0.05) is 12.6 Å². The van der Waals surface area contributed by atoms with Gasteiger partial charge in [0.05, 0.1) is 9.98 Å². The van der Waals surface area contributed by atoms with Gasteiger partial charge in [0.25, 0.3) is 5.19 Å². The van der Waals surface area contributed by atoms with Gasteiger partial charge in [-0.1, -0.05) is 25.2 Å². The normalized spacial score (nSPS) is 11.7. The fraction of sp³-hybridized carbons (Fsp3) is 0.471. The topological polar surface area (TPSA) is 72.8 Å². The van der Waals surface area contributed by atoms with Gasteiger partial charge in [-0.2, -0.15) is 0 Å². The van der Waals surface area contributed by atoms with Crippen LogP contribution in [0.3, 0.4) is 0 Å². The molecule has 0 aliphatic heterocycles. The number of benzene rings is 1. The van der Waals surface area contributed by atoms with Crippen molar-refractivity contribution >= 4 is 39.7 Å². The molecule has 0 aliphatic rings. The highest BCUT2D eigenvalue weighted by Crippen LogP contribution is 2.25. The van der Waals surface area contributed by atoms with Gasteiger partial charge in [-0.3, -0.25) is 0 Å². The molecule has 2 rings (SSSR count). The van der Waals surface area contributed by atoms with Gasteiger partial charge in [-0.05, 0) is 40.2 Å². The fourth-order valence-corrected chi connectivity index (χ4v) is 2.89. The Morgan fingerprint density at radius 2 is 1.73 bits per heavy atom. The Kier molecular flexibility index (Phi) is 10.9. The van der Waals surface area contributed by atoms with Crippen LogP contribution < -0.4 is 19.5 Å². The summed E-state index contributed by atoms with van der Waals surface area (Å²) in [6, 6.07) is 7.63. The van der Waals surface area contributed by atoms with E-state index in [-0.39, 0.29) is 19.0 Å². The summed E-state index contributed by atoms with van der Waals surface area (Å²) in [5.74, 6) is 1.43. The number of aliphatic hydroxyl groups is 1. The maximum atomic E-state index is 9.82. The number of nitrogens with zero attached hydrogens (tertiary/aromatic N) is 1. The lowest BCUT2D eigenvalue weighted by Gasteiger charge is -2.15. The summed E-state index contributed by atoms with van der Waals surface area (Å²) in [5, 5.41) is 13.6. The lowest BCUT2D eigenvalue weighted by Crippen LogP contribution is -2.35. The van der Waals surface area contributed by atoms with Crippen molar-refractivity contribution in [3.05, 3.63) is 34.2 Å². The first kappa shape index (κ1) is 23.0. The molecule has 0 fully saturated rings. The van der Waals surface area contributed by atoms with Crippen LogP contribution in [0.25, 0.3) is 0 Å². The van der Waals surface area contributed by atoms with Gasteiger partial charge < -0.3 is 24.6 Å². The molecule has 1 heterocycles. The molecule has 1 aromatic carbocycles. The number of aromatic nitrogens is 1. The molecular weight excluding hydrogens is 444 g/mol. The molecule has 9 heteroatoms. The predicted molar refractivity (Wildman–Crippen MR) is 109 cm³/mol. The zero-order valence-electron chi connectivity index (χ0n) is 14.7. The number of aliphatic hydroxyl groups excluding tert-OH is 1. The monoisotopic (exact) mass is 466 g/mol. The van der Waals surface area contributed by atoms with Crippen LogP contribution in [-0.2, 0) is 0 Å². The molecule has 6 nitrogen and oxygen atoms in total. The van der Waals surface area contributed by atoms with Gasteiger partial charge in [-0.15, -0.1) is 12.4 Å². The van der Waals surface area contributed by atoms with Gasteiger partial charge >= 0.3 is 0 Å². The molecule has 2 aromatic rings. The average molecular weight is 468 g/mol. The second kappa shape index (κ2) is 12.3. The SMILES string of the molecule is CC(C)NCC(O)COc1ccc(OCCOc2ncc(Br)s2)cc1.Cl. The van der Waals surface area contributed by atoms with Crippen molar-refractivity contribution in [3.63, 3.8) is 0 Å². The van der Waals surface area contributed by atoms with Crippen LogP contribution in [0.1, 0.15) is 13.8 Å². The minimum atomic E-state index is -0.540. The third-order valence-electron chi connectivity index (χ3n) is 3.06. The first-order valence-corrected chi connectivity index (χ1v) is 9.65. The minimum Gasteiger partial charge on any atom is -0.491 e. The van der Waals surface area contributed by atoms with Gasteiger partial charge in [0.15, 0.2) is 0 Å². The fourth-order valence-electron chi connectivity index (χ4n) is 1.85. The van der Waals surface area contributed by atoms with E-state index in [9.17, 15) is 5.11 Å². The van der Waals surface area contributed by atoms with E-state index in [0.29, 0.717) is 36.7 Å². The Morgan fingerprint density at radius 1 is 1.12 bits per heavy atom. The highest BCUT2D eigenvalue weighted by molar-refractivity contribution is 9.11. The van der Waals surface area contributed by atoms with Gasteiger partial charge in [0.1, 0.15) is 37.4 Å². The van der Waals surface area contributed by atoms with Crippen molar-refractivity contribution in [1.82, 2.24) is 10.3 Å². The maximum absolute atomic E-state index is 9.82. The molecular formula is C17H24BrClN2O4S. The van der Waals surface area contributed by atoms with E-state index in [0.717, 1.165) is 9.54 Å². The summed E-state index contributed by atoms with van der Waals surface area (Å²) < 4.78 is 17.6. The number of halogens is 2. The summed E-state index contributed by atoms with van der Waals surface area (Å²) in [6.45, 7) is 5.68. The van der Waals surface area contributed by atoms with Crippen molar-refractivity contribution in [3.8, 4) is 16.7 Å². The maximum Gasteiger partial charge on any atom is 0.274 e. The van der Waals surface area contributed by atoms with E-state index in [1.165, 1.54) is 11.3 Å². The summed E-state index contributed by atoms with van der Waals surface area (Å²) in [7, 11) is 0. The Labute approximate surface area is 172 Å². The standard InChI is InChI=1S/C17H23BrN2O4S.ClH/c1-12(2)19-9-13(21)11-24-15-5-3-14(4-6-15)22-7-8-23-17-20-10-16(18)25-17;/h3-6,10,12-13,19,21H,7-9,11H2,1-2H3;1H. The highest BCUT2D eigenvalue weighted by atomic mass is 79.9. The van der Waals surface area contributed by atoms with Crippen molar-refractivity contribution in [2.75, 3.05) is 26.4 Å². The van der Waals surface area contributed by atoms with Crippen LogP contribution in [0.15, 0.2) is 34.2 Å². The lowest BCUT2D eigenvalue weighted by atomic mass is 10.3. The molecule has 0 amide bonds. The number of thiazole rings is 1. The van der Waals surface area contributed by atoms with Crippen LogP contribution in [-0.4, -0.2) is 48.6 Å². The highest BCUT2D eigenvalue weighted by Gasteiger charge is 2.06. The largest absolute Gasteiger partial charge is 0.491 e. The first-order valence-electron chi connectivity index (χ1n) is 8.04. The Bertz CT molecular complexity index is 627. The Balaban J connectivity index is 0.00000338. The molecule has 0 saturated carbocycles. The molecule has 1 unspecified atom stereocenters. The van der Waals surface area contributed by atoms with Crippen LogP contribution in [0, 0.1) is 0 Å². The Hall–Kier alpha value is -1.06. The number of hydrogen-bond donors (Lipinski definition) is 2. The Morgan fingerprint density at radius 3 is 2.31 bits per heavy atom. The average Bonchev–Trinajstić information content (AvgIpc) is 3.01. The second-order valence-electron chi connectivity index (χ2n) is 5.63. The van der Waals surface area contributed by atoms with E-state index in [1.54, 1.807) is 6.20 Å². The number of hydrogen-bond acceptors (Lipinski definition) is 7. The lowest BCUT2D eigenvalue weighted by molar-refractivity contribution is 0.104. The second-order valence-corrected chi connectivity index (χ2v) is 8.00. The molecule has 0 aliphatic carbocycles. The zero-order valence-corrected chi connectivity index (χ0v) is 17.9. The number of rotatable bonds is 11. The van der Waals surface area contributed by atoms with E-state index >= 15 is 0 Å². The van der Waals surface area contributed by atoms with Crippen LogP contribution in [0.5, 0.6) is 16.7 Å². The third kappa shape index (κ3) is 9.05. The van der Waals surface area contributed by atoms with E-state index in [2.05, 4.69) is 26.2 Å². The molecule has 2 N–H and O–H groups in total. The van der Waals surface area contributed by atoms with E-state index in [1.807, 2.05) is 38.1 Å². The molecule has 0 saturated heterocycles. The summed E-state index contributed by atoms with van der Waals surface area (Å²) in [4.78, 5) is 4.08. The molecule has 0 radical (unpaired) electrons. The zero-order chi connectivity index (χ0) is 18.1. The van der Waals surface area contributed by atoms with Crippen LogP contribution in [0.4, 0.5) is 0 Å². The molecule has 1 aromatic heterocycles. The van der Waals surface area contributed by atoms with Gasteiger partial charge in [-0.25, -0.2) is 4.98 Å². The summed E-state index contributed by atoms with van der Waals surface area (Å²) >= 11 is 4.77. The van der Waals surface area contributed by atoms with Crippen molar-refractivity contribution in [1.29, 1.82) is 0 Å². The number of ether oxygens (including phenoxy) is 3. The van der Waals surface area contributed by atoms with Crippen LogP contribution in [0.2, 0.25) is 0 Å². The third-order valence-corrected chi connectivity index (χ3v) is 4.45. The van der Waals surface area contributed by atoms with E-state index < -0.39 is 6.10 Å². The first-order chi connectivity index (χ1) is 12.0. The molecule has 0 spiro atoms. The van der Waals surface area contributed by atoms with Crippen molar-refractivity contribution < 1.29 is 19.3 Å². The molecule has 1 atom stereocenters. The van der Waals surface area contributed by atoms with Crippen molar-refractivity contribution in [2.24, 2.45) is 0 Å².